The van der Waals surface area contributed by atoms with E-state index in [9.17, 15) is 0 Å². The number of rotatable bonds is 12. The molecule has 5 aromatic heterocycles. The number of benzene rings is 6. The third-order valence-corrected chi connectivity index (χ3v) is 12.6. The molecule has 0 amide bonds. The third kappa shape index (κ3) is 7.00. The van der Waals surface area contributed by atoms with E-state index < -0.39 is 0 Å². The van der Waals surface area contributed by atoms with Crippen molar-refractivity contribution in [2.75, 3.05) is 0 Å². The zero-order chi connectivity index (χ0) is 42.3. The summed E-state index contributed by atoms with van der Waals surface area (Å²) in [5.41, 5.74) is 10.2. The van der Waals surface area contributed by atoms with Crippen molar-refractivity contribution in [1.29, 1.82) is 0 Å². The van der Waals surface area contributed by atoms with Crippen molar-refractivity contribution < 1.29 is 4.42 Å². The number of unbranched alkanes of at least 4 members (excludes halogenated alkanes) is 1. The Kier molecular flexibility index (Phi) is 9.82. The van der Waals surface area contributed by atoms with Crippen LogP contribution in [0, 0.1) is 0 Å². The Morgan fingerprint density at radius 2 is 1.30 bits per heavy atom. The molecule has 0 fully saturated rings. The van der Waals surface area contributed by atoms with Gasteiger partial charge in [-0.3, -0.25) is 0 Å². The number of allylic oxidation sites excluding steroid dienone is 3. The highest BCUT2D eigenvalue weighted by atomic mass is 32.1. The van der Waals surface area contributed by atoms with Crippen LogP contribution >= 0.6 is 11.3 Å². The Hall–Kier alpha value is -7.81. The van der Waals surface area contributed by atoms with Crippen LogP contribution in [0.1, 0.15) is 30.7 Å². The highest BCUT2D eigenvalue weighted by Gasteiger charge is 2.21. The van der Waals surface area contributed by atoms with E-state index in [1.807, 2.05) is 66.8 Å². The molecule has 0 unspecified atom stereocenters. The Balaban J connectivity index is 1.07. The van der Waals surface area contributed by atoms with Gasteiger partial charge in [0.05, 0.1) is 5.52 Å². The van der Waals surface area contributed by atoms with Crippen molar-refractivity contribution in [3.05, 3.63) is 188 Å². The second kappa shape index (κ2) is 16.2. The van der Waals surface area contributed by atoms with Gasteiger partial charge >= 0.3 is 0 Å². The summed E-state index contributed by atoms with van der Waals surface area (Å²) in [7, 11) is 0. The van der Waals surface area contributed by atoms with E-state index in [-0.39, 0.29) is 0 Å². The van der Waals surface area contributed by atoms with Gasteiger partial charge in [0.1, 0.15) is 16.8 Å². The van der Waals surface area contributed by atoms with Crippen molar-refractivity contribution >= 4 is 70.6 Å². The van der Waals surface area contributed by atoms with Gasteiger partial charge in [0.15, 0.2) is 28.9 Å². The molecule has 0 bridgehead atoms. The molecule has 0 saturated heterocycles. The predicted octanol–water partition coefficient (Wildman–Crippen LogP) is 14.6. The number of furan rings is 1. The summed E-state index contributed by atoms with van der Waals surface area (Å²) in [6.45, 7) is 7.87. The number of para-hydroxylation sites is 2. The molecular formula is C55H40N6OS. The molecule has 5 heterocycles. The lowest BCUT2D eigenvalue weighted by Crippen LogP contribution is -2.01. The van der Waals surface area contributed by atoms with Crippen LogP contribution in [0.4, 0.5) is 0 Å². The number of hydrogen-bond acceptors (Lipinski definition) is 7. The average molecular weight is 833 g/mol. The Labute approximate surface area is 368 Å². The molecule has 11 aromatic rings. The lowest BCUT2D eigenvalue weighted by atomic mass is 10.0. The molecule has 6 aromatic carbocycles. The zero-order valence-corrected chi connectivity index (χ0v) is 35.2. The van der Waals surface area contributed by atoms with Crippen LogP contribution in [0.25, 0.3) is 110 Å². The van der Waals surface area contributed by atoms with Gasteiger partial charge in [-0.2, -0.15) is 0 Å². The Morgan fingerprint density at radius 3 is 2.11 bits per heavy atom. The average Bonchev–Trinajstić information content (AvgIpc) is 4.03. The first-order valence-corrected chi connectivity index (χ1v) is 22.0. The van der Waals surface area contributed by atoms with Crippen LogP contribution in [0.5, 0.6) is 0 Å². The number of fused-ring (bicyclic) bond motifs is 7. The van der Waals surface area contributed by atoms with Crippen LogP contribution in [-0.2, 0) is 6.42 Å². The summed E-state index contributed by atoms with van der Waals surface area (Å²) < 4.78 is 11.0. The van der Waals surface area contributed by atoms with E-state index in [0.717, 1.165) is 107 Å². The molecule has 0 atom stereocenters. The molecular weight excluding hydrogens is 793 g/mol. The van der Waals surface area contributed by atoms with Gasteiger partial charge in [0.2, 0.25) is 0 Å². The van der Waals surface area contributed by atoms with E-state index >= 15 is 0 Å². The molecule has 0 aliphatic heterocycles. The van der Waals surface area contributed by atoms with Crippen LogP contribution in [-0.4, -0.2) is 29.5 Å². The van der Waals surface area contributed by atoms with E-state index in [2.05, 4.69) is 121 Å². The molecule has 7 nitrogen and oxygen atoms in total. The maximum Gasteiger partial charge on any atom is 0.179 e. The van der Waals surface area contributed by atoms with Crippen LogP contribution in [0.2, 0.25) is 0 Å². The summed E-state index contributed by atoms with van der Waals surface area (Å²) in [4.78, 5) is 25.9. The molecule has 0 radical (unpaired) electrons. The molecule has 0 spiro atoms. The number of thiophene rings is 1. The van der Waals surface area contributed by atoms with Crippen LogP contribution < -0.4 is 0 Å². The van der Waals surface area contributed by atoms with Crippen molar-refractivity contribution in [3.63, 3.8) is 0 Å². The van der Waals surface area contributed by atoms with Gasteiger partial charge in [-0.15, -0.1) is 24.5 Å². The lowest BCUT2D eigenvalue weighted by molar-refractivity contribution is 0.664. The van der Waals surface area contributed by atoms with Gasteiger partial charge in [-0.25, -0.2) is 24.9 Å². The summed E-state index contributed by atoms with van der Waals surface area (Å²) in [5, 5.41) is 4.26. The molecule has 11 rings (SSSR count). The minimum absolute atomic E-state index is 0.598. The fraction of sp³-hybridized carbons (Fsp3) is 0.0727. The predicted molar refractivity (Wildman–Crippen MR) is 261 cm³/mol. The maximum absolute atomic E-state index is 6.36. The van der Waals surface area contributed by atoms with E-state index in [1.54, 1.807) is 11.3 Å². The molecule has 0 aliphatic rings. The lowest BCUT2D eigenvalue weighted by Gasteiger charge is -2.11. The Morgan fingerprint density at radius 1 is 0.571 bits per heavy atom. The highest BCUT2D eigenvalue weighted by molar-refractivity contribution is 7.26. The summed E-state index contributed by atoms with van der Waals surface area (Å²) in [5.74, 6) is 2.47. The third-order valence-electron chi connectivity index (χ3n) is 11.5. The topological polar surface area (TPSA) is 82.5 Å². The molecule has 63 heavy (non-hydrogen) atoms. The van der Waals surface area contributed by atoms with E-state index in [0.29, 0.717) is 28.9 Å². The second-order valence-electron chi connectivity index (χ2n) is 15.5. The number of nitrogens with zero attached hydrogens (tertiary/aromatic N) is 6. The molecule has 302 valence electrons. The molecule has 8 heteroatoms. The monoisotopic (exact) mass is 832 g/mol. The first kappa shape index (κ1) is 38.1. The first-order chi connectivity index (χ1) is 31.1. The fourth-order valence-electron chi connectivity index (χ4n) is 8.48. The zero-order valence-electron chi connectivity index (χ0n) is 34.4. The molecule has 0 saturated carbocycles. The number of hydrogen-bond donors (Lipinski definition) is 0. The minimum Gasteiger partial charge on any atom is -0.452 e. The quantitative estimate of drug-likeness (QED) is 0.0901. The summed E-state index contributed by atoms with van der Waals surface area (Å²) in [6.07, 6.45) is 11.6. The van der Waals surface area contributed by atoms with Crippen molar-refractivity contribution in [3.8, 4) is 51.2 Å². The number of aromatic nitrogens is 6. The van der Waals surface area contributed by atoms with Crippen molar-refractivity contribution in [2.45, 2.75) is 25.7 Å². The second-order valence-corrected chi connectivity index (χ2v) is 16.6. The van der Waals surface area contributed by atoms with Gasteiger partial charge in [-0.1, -0.05) is 91.0 Å². The van der Waals surface area contributed by atoms with Crippen LogP contribution in [0.15, 0.2) is 181 Å². The van der Waals surface area contributed by atoms with Gasteiger partial charge < -0.3 is 8.98 Å². The number of aryl methyl sites for hydroxylation is 1. The standard InChI is InChI=1S/C55H40N6OS/c1-3-5-7-14-25-44-51-50(41-23-15-16-26-46(41)62-51)57-55(56-44)42-24-17-27-48-49(42)43-34-37(29-31-47(43)63-48)54-59-52(35-18-10-8-11-19-35)58-53(60-54)36-28-30-45-38(32-36)33-40(20-6-4-2)61(45)39-21-12-9-13-22-39/h3-4,8-19,21-34H,1-2,5-7,20H2/b25-14+. The van der Waals surface area contributed by atoms with Crippen molar-refractivity contribution in [1.82, 2.24) is 29.5 Å². The largest absolute Gasteiger partial charge is 0.452 e. The van der Waals surface area contributed by atoms with Gasteiger partial charge in [-0.05, 0) is 105 Å². The molecule has 0 N–H and O–H groups in total. The normalized spacial score (nSPS) is 11.8. The fourth-order valence-corrected chi connectivity index (χ4v) is 9.60. The van der Waals surface area contributed by atoms with Crippen LogP contribution in [0.3, 0.4) is 0 Å². The van der Waals surface area contributed by atoms with Gasteiger partial charge in [0, 0.05) is 64.6 Å². The SMILES string of the molecule is C=CCC/C=C/c1nc(-c2cccc3sc4ccc(-c5nc(-c6ccccc6)nc(-c6ccc7c(c6)cc(CCC=C)n7-c6ccccc6)n5)cc4c23)nc2c1oc1ccccc12. The minimum atomic E-state index is 0.598. The van der Waals surface area contributed by atoms with E-state index in [1.165, 1.54) is 5.69 Å². The van der Waals surface area contributed by atoms with E-state index in [4.69, 9.17) is 29.3 Å². The smallest absolute Gasteiger partial charge is 0.179 e. The summed E-state index contributed by atoms with van der Waals surface area (Å²) in [6, 6.07) is 50.4. The first-order valence-electron chi connectivity index (χ1n) is 21.2. The Bertz CT molecular complexity index is 3560. The highest BCUT2D eigenvalue weighted by Crippen LogP contribution is 2.42. The maximum atomic E-state index is 6.36. The summed E-state index contributed by atoms with van der Waals surface area (Å²) >= 11 is 1.76. The van der Waals surface area contributed by atoms with Gasteiger partial charge in [0.25, 0.3) is 0 Å². The van der Waals surface area contributed by atoms with Crippen molar-refractivity contribution in [2.24, 2.45) is 0 Å². The molecule has 0 aliphatic carbocycles.